The predicted molar refractivity (Wildman–Crippen MR) is 112 cm³/mol. The fourth-order valence-electron chi connectivity index (χ4n) is 7.14. The SMILES string of the molecule is C[C@]12C=CC(=O)C=C1CC[C@@H]1[C@@H]2[C@@H](O)C[C@@]2(C)[C@H]1CC[C@]2(O)C(=O)CSCCO. The molecule has 5 nitrogen and oxygen atoms in total. The number of allylic oxidation sites excluding steroid dienone is 4. The molecule has 0 aliphatic heterocycles. The van der Waals surface area contributed by atoms with E-state index in [9.17, 15) is 19.8 Å². The van der Waals surface area contributed by atoms with Gasteiger partial charge in [0.2, 0.25) is 0 Å². The Bertz CT molecular complexity index is 775. The van der Waals surface area contributed by atoms with E-state index in [1.165, 1.54) is 11.8 Å². The van der Waals surface area contributed by atoms with Crippen LogP contribution in [0.2, 0.25) is 0 Å². The molecule has 0 saturated heterocycles. The molecular formula is C23H32O5S. The van der Waals surface area contributed by atoms with Crippen LogP contribution in [-0.2, 0) is 9.59 Å². The molecule has 0 radical (unpaired) electrons. The van der Waals surface area contributed by atoms with Gasteiger partial charge in [-0.2, -0.15) is 11.8 Å². The van der Waals surface area contributed by atoms with Crippen LogP contribution in [0.5, 0.6) is 0 Å². The van der Waals surface area contributed by atoms with E-state index in [1.807, 2.05) is 13.0 Å². The maximum absolute atomic E-state index is 13.0. The second-order valence-electron chi connectivity index (χ2n) is 9.81. The van der Waals surface area contributed by atoms with Gasteiger partial charge in [-0.25, -0.2) is 0 Å². The Hall–Kier alpha value is -0.950. The van der Waals surface area contributed by atoms with Crippen molar-refractivity contribution in [2.75, 3.05) is 18.1 Å². The molecule has 4 aliphatic rings. The number of hydrogen-bond acceptors (Lipinski definition) is 6. The fraction of sp³-hybridized carbons (Fsp3) is 0.739. The number of aliphatic hydroxyl groups is 3. The van der Waals surface area contributed by atoms with Gasteiger partial charge in [-0.05, 0) is 56.1 Å². The summed E-state index contributed by atoms with van der Waals surface area (Å²) in [7, 11) is 0. The minimum Gasteiger partial charge on any atom is -0.396 e. The number of ketones is 2. The summed E-state index contributed by atoms with van der Waals surface area (Å²) in [4.78, 5) is 24.9. The molecule has 4 aliphatic carbocycles. The summed E-state index contributed by atoms with van der Waals surface area (Å²) in [5, 5.41) is 31.8. The molecule has 6 heteroatoms. The summed E-state index contributed by atoms with van der Waals surface area (Å²) in [6, 6.07) is 0. The quantitative estimate of drug-likeness (QED) is 0.591. The number of Topliss-reactive ketones (excluding diaryl/α,β-unsaturated/α-hetero) is 1. The zero-order valence-electron chi connectivity index (χ0n) is 17.3. The van der Waals surface area contributed by atoms with E-state index < -0.39 is 17.1 Å². The van der Waals surface area contributed by atoms with Crippen LogP contribution >= 0.6 is 11.8 Å². The zero-order chi connectivity index (χ0) is 21.0. The highest BCUT2D eigenvalue weighted by Gasteiger charge is 2.67. The molecule has 3 saturated carbocycles. The van der Waals surface area contributed by atoms with Crippen LogP contribution in [0.1, 0.15) is 46.0 Å². The van der Waals surface area contributed by atoms with E-state index >= 15 is 0 Å². The third-order valence-electron chi connectivity index (χ3n) is 8.58. The summed E-state index contributed by atoms with van der Waals surface area (Å²) in [5.41, 5.74) is -1.28. The van der Waals surface area contributed by atoms with E-state index in [2.05, 4.69) is 6.92 Å². The van der Waals surface area contributed by atoms with Gasteiger partial charge in [0, 0.05) is 22.5 Å². The zero-order valence-corrected chi connectivity index (χ0v) is 18.1. The summed E-state index contributed by atoms with van der Waals surface area (Å²) in [6.45, 7) is 4.14. The summed E-state index contributed by atoms with van der Waals surface area (Å²) >= 11 is 1.35. The first-order chi connectivity index (χ1) is 13.7. The third kappa shape index (κ3) is 3.01. The minimum absolute atomic E-state index is 0.00569. The standard InChI is InChI=1S/C23H32O5S/c1-21-7-5-15(25)11-14(21)3-4-16-17-6-8-23(28,19(27)13-29-10-9-24)22(17,2)12-18(26)20(16)21/h5,7,11,16-18,20,24,26,28H,3-4,6,8-10,12-13H2,1-2H3/t16-,17-,18-,20+,21-,22-,23-/m0/s1. The molecule has 0 amide bonds. The molecule has 0 unspecified atom stereocenters. The van der Waals surface area contributed by atoms with E-state index in [0.717, 1.165) is 24.8 Å². The van der Waals surface area contributed by atoms with Gasteiger partial charge in [-0.15, -0.1) is 0 Å². The van der Waals surface area contributed by atoms with Gasteiger partial charge in [0.15, 0.2) is 11.6 Å². The van der Waals surface area contributed by atoms with Crippen molar-refractivity contribution < 1.29 is 24.9 Å². The van der Waals surface area contributed by atoms with Crippen molar-refractivity contribution in [1.29, 1.82) is 0 Å². The first kappa shape index (κ1) is 21.3. The molecule has 0 spiro atoms. The van der Waals surface area contributed by atoms with E-state index in [-0.39, 0.29) is 47.1 Å². The highest BCUT2D eigenvalue weighted by atomic mass is 32.2. The first-order valence-corrected chi connectivity index (χ1v) is 11.9. The molecule has 0 aromatic carbocycles. The molecule has 3 fully saturated rings. The summed E-state index contributed by atoms with van der Waals surface area (Å²) in [5.74, 6) is 0.927. The number of aliphatic hydroxyl groups excluding tert-OH is 2. The number of hydrogen-bond donors (Lipinski definition) is 3. The molecule has 29 heavy (non-hydrogen) atoms. The lowest BCUT2D eigenvalue weighted by Crippen LogP contribution is -2.61. The lowest BCUT2D eigenvalue weighted by Gasteiger charge is -2.59. The largest absolute Gasteiger partial charge is 0.396 e. The highest BCUT2D eigenvalue weighted by molar-refractivity contribution is 7.99. The van der Waals surface area contributed by atoms with Crippen LogP contribution in [0.4, 0.5) is 0 Å². The molecule has 160 valence electrons. The van der Waals surface area contributed by atoms with E-state index in [1.54, 1.807) is 12.2 Å². The van der Waals surface area contributed by atoms with E-state index in [0.29, 0.717) is 18.6 Å². The van der Waals surface area contributed by atoms with Gasteiger partial charge >= 0.3 is 0 Å². The normalized spacial score (nSPS) is 46.0. The maximum Gasteiger partial charge on any atom is 0.178 e. The first-order valence-electron chi connectivity index (χ1n) is 10.7. The number of thioether (sulfide) groups is 1. The number of carbonyl (C=O) groups is 2. The average molecular weight is 421 g/mol. The van der Waals surface area contributed by atoms with Crippen LogP contribution < -0.4 is 0 Å². The number of fused-ring (bicyclic) bond motifs is 5. The maximum atomic E-state index is 13.0. The van der Waals surface area contributed by atoms with Crippen LogP contribution in [0.15, 0.2) is 23.8 Å². The van der Waals surface area contributed by atoms with Gasteiger partial charge < -0.3 is 15.3 Å². The molecule has 4 rings (SSSR count). The van der Waals surface area contributed by atoms with Gasteiger partial charge in [0.05, 0.1) is 18.5 Å². The van der Waals surface area contributed by atoms with Crippen molar-refractivity contribution in [3.8, 4) is 0 Å². The lowest BCUT2D eigenvalue weighted by molar-refractivity contribution is -0.174. The van der Waals surface area contributed by atoms with Crippen LogP contribution in [0, 0.1) is 28.6 Å². The monoisotopic (exact) mass is 420 g/mol. The van der Waals surface area contributed by atoms with Crippen LogP contribution in [-0.4, -0.2) is 56.7 Å². The highest BCUT2D eigenvalue weighted by Crippen LogP contribution is 2.67. The topological polar surface area (TPSA) is 94.8 Å². The van der Waals surface area contributed by atoms with Crippen molar-refractivity contribution in [3.63, 3.8) is 0 Å². The molecule has 0 bridgehead atoms. The fourth-order valence-corrected chi connectivity index (χ4v) is 7.83. The lowest BCUT2D eigenvalue weighted by atomic mass is 9.46. The Kier molecular flexibility index (Phi) is 5.38. The van der Waals surface area contributed by atoms with Crippen molar-refractivity contribution in [1.82, 2.24) is 0 Å². The van der Waals surface area contributed by atoms with Gasteiger partial charge in [0.1, 0.15) is 5.60 Å². The third-order valence-corrected chi connectivity index (χ3v) is 9.52. The molecular weight excluding hydrogens is 388 g/mol. The minimum atomic E-state index is -1.42. The number of rotatable bonds is 5. The Morgan fingerprint density at radius 3 is 2.79 bits per heavy atom. The van der Waals surface area contributed by atoms with Crippen molar-refractivity contribution in [3.05, 3.63) is 23.8 Å². The molecule has 0 heterocycles. The van der Waals surface area contributed by atoms with Gasteiger partial charge in [0.25, 0.3) is 0 Å². The molecule has 0 aromatic heterocycles. The average Bonchev–Trinajstić information content (AvgIpc) is 2.94. The van der Waals surface area contributed by atoms with Crippen LogP contribution in [0.3, 0.4) is 0 Å². The number of carbonyl (C=O) groups excluding carboxylic acids is 2. The van der Waals surface area contributed by atoms with Gasteiger partial charge in [-0.1, -0.05) is 25.5 Å². The molecule has 3 N–H and O–H groups in total. The second-order valence-corrected chi connectivity index (χ2v) is 10.9. The second kappa shape index (κ2) is 7.33. The Morgan fingerprint density at radius 2 is 2.07 bits per heavy atom. The summed E-state index contributed by atoms with van der Waals surface area (Å²) in [6.07, 6.45) is 8.05. The van der Waals surface area contributed by atoms with E-state index in [4.69, 9.17) is 5.11 Å². The smallest absolute Gasteiger partial charge is 0.178 e. The molecule has 0 aromatic rings. The van der Waals surface area contributed by atoms with Crippen molar-refractivity contribution in [2.24, 2.45) is 28.6 Å². The Morgan fingerprint density at radius 1 is 1.31 bits per heavy atom. The molecule has 7 atom stereocenters. The Balaban J connectivity index is 1.64. The predicted octanol–water partition coefficient (Wildman–Crippen LogP) is 2.29. The summed E-state index contributed by atoms with van der Waals surface area (Å²) < 4.78 is 0. The Labute approximate surface area is 176 Å². The van der Waals surface area contributed by atoms with Crippen molar-refractivity contribution in [2.45, 2.75) is 57.7 Å². The van der Waals surface area contributed by atoms with Crippen molar-refractivity contribution >= 4 is 23.3 Å². The van der Waals surface area contributed by atoms with Crippen LogP contribution in [0.25, 0.3) is 0 Å². The van der Waals surface area contributed by atoms with Gasteiger partial charge in [-0.3, -0.25) is 9.59 Å².